The van der Waals surface area contributed by atoms with Crippen molar-refractivity contribution in [3.63, 3.8) is 0 Å². The number of carbonyl (C=O) groups excluding carboxylic acids is 2. The highest BCUT2D eigenvalue weighted by Crippen LogP contribution is 2.43. The lowest BCUT2D eigenvalue weighted by Crippen LogP contribution is -2.58. The zero-order chi connectivity index (χ0) is 15.5. The summed E-state index contributed by atoms with van der Waals surface area (Å²) in [6.45, 7) is 2.02. The number of para-hydroxylation sites is 1. The Kier molecular flexibility index (Phi) is 3.92. The number of anilines is 1. The summed E-state index contributed by atoms with van der Waals surface area (Å²) in [6, 6.07) is 18.7. The lowest BCUT2D eigenvalue weighted by Gasteiger charge is -2.45. The Labute approximate surface area is 129 Å². The normalized spacial score (nSPS) is 20.4. The van der Waals surface area contributed by atoms with Crippen molar-refractivity contribution in [3.8, 4) is 0 Å². The molecule has 2 aromatic rings. The number of β-lactam (4-membered cyclic amide) rings is 1. The van der Waals surface area contributed by atoms with Crippen LogP contribution in [0, 0.1) is 5.92 Å². The van der Waals surface area contributed by atoms with Crippen molar-refractivity contribution in [1.29, 1.82) is 0 Å². The second-order valence-corrected chi connectivity index (χ2v) is 5.13. The van der Waals surface area contributed by atoms with Crippen LogP contribution in [-0.2, 0) is 14.3 Å². The van der Waals surface area contributed by atoms with Gasteiger partial charge in [0, 0.05) is 5.69 Å². The summed E-state index contributed by atoms with van der Waals surface area (Å²) >= 11 is 0. The van der Waals surface area contributed by atoms with Crippen LogP contribution in [0.15, 0.2) is 60.7 Å². The Morgan fingerprint density at radius 3 is 2.23 bits per heavy atom. The average Bonchev–Trinajstić information content (AvgIpc) is 2.54. The van der Waals surface area contributed by atoms with Crippen molar-refractivity contribution in [2.24, 2.45) is 5.92 Å². The molecule has 0 radical (unpaired) electrons. The Balaban J connectivity index is 1.97. The first kappa shape index (κ1) is 14.3. The van der Waals surface area contributed by atoms with Crippen molar-refractivity contribution in [2.75, 3.05) is 11.5 Å². The van der Waals surface area contributed by atoms with Crippen LogP contribution >= 0.6 is 0 Å². The van der Waals surface area contributed by atoms with E-state index in [2.05, 4.69) is 0 Å². The number of ether oxygens (including phenoxy) is 1. The first-order valence-electron chi connectivity index (χ1n) is 7.33. The molecule has 112 valence electrons. The predicted molar refractivity (Wildman–Crippen MR) is 83.2 cm³/mol. The van der Waals surface area contributed by atoms with Gasteiger partial charge in [0.1, 0.15) is 0 Å². The Morgan fingerprint density at radius 2 is 1.64 bits per heavy atom. The number of amides is 1. The summed E-state index contributed by atoms with van der Waals surface area (Å²) in [7, 11) is 0. The fourth-order valence-electron chi connectivity index (χ4n) is 2.82. The zero-order valence-electron chi connectivity index (χ0n) is 12.3. The quantitative estimate of drug-likeness (QED) is 0.495. The van der Waals surface area contributed by atoms with Gasteiger partial charge in [-0.25, -0.2) is 0 Å². The summed E-state index contributed by atoms with van der Waals surface area (Å²) in [6.07, 6.45) is 0. The Hall–Kier alpha value is -2.62. The molecule has 1 amide bonds. The van der Waals surface area contributed by atoms with Crippen LogP contribution in [0.4, 0.5) is 5.69 Å². The van der Waals surface area contributed by atoms with Gasteiger partial charge in [0.2, 0.25) is 5.91 Å². The van der Waals surface area contributed by atoms with Gasteiger partial charge in [0.25, 0.3) is 0 Å². The molecule has 0 unspecified atom stereocenters. The van der Waals surface area contributed by atoms with E-state index < -0.39 is 11.9 Å². The van der Waals surface area contributed by atoms with E-state index in [4.69, 9.17) is 4.74 Å². The van der Waals surface area contributed by atoms with Crippen molar-refractivity contribution in [1.82, 2.24) is 0 Å². The van der Waals surface area contributed by atoms with Crippen molar-refractivity contribution < 1.29 is 14.3 Å². The van der Waals surface area contributed by atoms with Crippen LogP contribution in [-0.4, -0.2) is 18.5 Å². The van der Waals surface area contributed by atoms with Crippen LogP contribution in [0.1, 0.15) is 18.5 Å². The summed E-state index contributed by atoms with van der Waals surface area (Å²) < 4.78 is 5.07. The molecule has 0 spiro atoms. The van der Waals surface area contributed by atoms with E-state index >= 15 is 0 Å². The van der Waals surface area contributed by atoms with Crippen molar-refractivity contribution in [3.05, 3.63) is 66.2 Å². The van der Waals surface area contributed by atoms with Gasteiger partial charge in [0.15, 0.2) is 5.92 Å². The standard InChI is InChI=1S/C18H17NO3/c1-2-22-18(21)15-16(13-9-5-3-6-10-13)19(17(15)20)14-11-7-4-8-12-14/h3-12,15-16H,2H2,1H3/t15-,16+/m0/s1. The number of nitrogens with zero attached hydrogens (tertiary/aromatic N) is 1. The van der Waals surface area contributed by atoms with E-state index in [1.165, 1.54) is 0 Å². The van der Waals surface area contributed by atoms with Crippen LogP contribution in [0.5, 0.6) is 0 Å². The molecule has 2 atom stereocenters. The van der Waals surface area contributed by atoms with Gasteiger partial charge in [-0.1, -0.05) is 48.5 Å². The van der Waals surface area contributed by atoms with E-state index in [0.717, 1.165) is 11.3 Å². The SMILES string of the molecule is CCOC(=O)[C@@H]1C(=O)N(c2ccccc2)[C@@H]1c1ccccc1. The van der Waals surface area contributed by atoms with E-state index in [0.29, 0.717) is 0 Å². The molecule has 1 fully saturated rings. The molecule has 1 heterocycles. The minimum absolute atomic E-state index is 0.210. The topological polar surface area (TPSA) is 46.6 Å². The molecule has 22 heavy (non-hydrogen) atoms. The number of benzene rings is 2. The van der Waals surface area contributed by atoms with E-state index in [1.54, 1.807) is 11.8 Å². The molecule has 0 aromatic heterocycles. The first-order valence-corrected chi connectivity index (χ1v) is 7.33. The molecule has 1 aliphatic rings. The van der Waals surface area contributed by atoms with Gasteiger partial charge < -0.3 is 9.64 Å². The maximum absolute atomic E-state index is 12.5. The minimum Gasteiger partial charge on any atom is -0.465 e. The number of rotatable bonds is 4. The van der Waals surface area contributed by atoms with Crippen LogP contribution in [0.2, 0.25) is 0 Å². The Morgan fingerprint density at radius 1 is 1.05 bits per heavy atom. The fraction of sp³-hybridized carbons (Fsp3) is 0.222. The van der Waals surface area contributed by atoms with Gasteiger partial charge in [0.05, 0.1) is 12.6 Å². The third-order valence-corrected chi connectivity index (χ3v) is 3.81. The molecular weight excluding hydrogens is 278 g/mol. The van der Waals surface area contributed by atoms with Crippen molar-refractivity contribution in [2.45, 2.75) is 13.0 Å². The zero-order valence-corrected chi connectivity index (χ0v) is 12.3. The molecule has 4 nitrogen and oxygen atoms in total. The highest BCUT2D eigenvalue weighted by molar-refractivity contribution is 6.14. The Bertz CT molecular complexity index is 669. The molecule has 1 aliphatic heterocycles. The predicted octanol–water partition coefficient (Wildman–Crippen LogP) is 2.95. The van der Waals surface area contributed by atoms with E-state index in [-0.39, 0.29) is 18.6 Å². The second kappa shape index (κ2) is 6.02. The summed E-state index contributed by atoms with van der Waals surface area (Å²) in [5.74, 6) is -1.42. The fourth-order valence-corrected chi connectivity index (χ4v) is 2.82. The molecular formula is C18H17NO3. The molecule has 0 aliphatic carbocycles. The molecule has 0 saturated carbocycles. The monoisotopic (exact) mass is 295 g/mol. The smallest absolute Gasteiger partial charge is 0.321 e. The molecule has 3 rings (SSSR count). The number of esters is 1. The van der Waals surface area contributed by atoms with E-state index in [9.17, 15) is 9.59 Å². The van der Waals surface area contributed by atoms with Gasteiger partial charge in [-0.2, -0.15) is 0 Å². The molecule has 0 N–H and O–H groups in total. The van der Waals surface area contributed by atoms with Gasteiger partial charge in [-0.05, 0) is 24.6 Å². The van der Waals surface area contributed by atoms with Crippen LogP contribution in [0.3, 0.4) is 0 Å². The highest BCUT2D eigenvalue weighted by atomic mass is 16.5. The van der Waals surface area contributed by atoms with Crippen LogP contribution < -0.4 is 4.90 Å². The average molecular weight is 295 g/mol. The van der Waals surface area contributed by atoms with Gasteiger partial charge >= 0.3 is 5.97 Å². The maximum atomic E-state index is 12.5. The number of carbonyl (C=O) groups is 2. The van der Waals surface area contributed by atoms with Gasteiger partial charge in [-0.15, -0.1) is 0 Å². The lowest BCUT2D eigenvalue weighted by atomic mass is 9.81. The summed E-state index contributed by atoms with van der Waals surface area (Å²) in [4.78, 5) is 26.3. The first-order chi connectivity index (χ1) is 10.7. The molecule has 1 saturated heterocycles. The summed E-state index contributed by atoms with van der Waals surface area (Å²) in [5.41, 5.74) is 1.73. The highest BCUT2D eigenvalue weighted by Gasteiger charge is 2.53. The maximum Gasteiger partial charge on any atom is 0.321 e. The number of hydrogen-bond acceptors (Lipinski definition) is 3. The second-order valence-electron chi connectivity index (χ2n) is 5.13. The van der Waals surface area contributed by atoms with Crippen molar-refractivity contribution >= 4 is 17.6 Å². The summed E-state index contributed by atoms with van der Waals surface area (Å²) in [5, 5.41) is 0. The third kappa shape index (κ3) is 2.37. The lowest BCUT2D eigenvalue weighted by molar-refractivity contribution is -0.157. The van der Waals surface area contributed by atoms with Crippen LogP contribution in [0.25, 0.3) is 0 Å². The minimum atomic E-state index is -0.762. The van der Waals surface area contributed by atoms with E-state index in [1.807, 2.05) is 60.7 Å². The molecule has 2 aromatic carbocycles. The largest absolute Gasteiger partial charge is 0.465 e. The van der Waals surface area contributed by atoms with Gasteiger partial charge in [-0.3, -0.25) is 9.59 Å². The third-order valence-electron chi connectivity index (χ3n) is 3.81. The molecule has 0 bridgehead atoms. The number of hydrogen-bond donors (Lipinski definition) is 0. The molecule has 4 heteroatoms.